The van der Waals surface area contributed by atoms with Crippen molar-refractivity contribution in [2.24, 2.45) is 0 Å². The van der Waals surface area contributed by atoms with E-state index in [2.05, 4.69) is 4.98 Å². The summed E-state index contributed by atoms with van der Waals surface area (Å²) in [5.74, 6) is 0.705. The number of esters is 1. The number of hydrogen-bond acceptors (Lipinski definition) is 7. The molecule has 0 radical (unpaired) electrons. The number of rotatable bonds is 7. The van der Waals surface area contributed by atoms with Gasteiger partial charge in [-0.15, -0.1) is 11.3 Å². The van der Waals surface area contributed by atoms with E-state index in [4.69, 9.17) is 14.2 Å². The van der Waals surface area contributed by atoms with Gasteiger partial charge >= 0.3 is 5.97 Å². The molecule has 1 aromatic carbocycles. The van der Waals surface area contributed by atoms with E-state index >= 15 is 0 Å². The fourth-order valence-electron chi connectivity index (χ4n) is 2.95. The molecule has 0 aliphatic rings. The van der Waals surface area contributed by atoms with Gasteiger partial charge in [0, 0.05) is 18.1 Å². The molecule has 148 valence electrons. The number of methoxy groups -OCH3 is 2. The molecule has 28 heavy (non-hydrogen) atoms. The van der Waals surface area contributed by atoms with Crippen molar-refractivity contribution >= 4 is 27.5 Å². The largest absolute Gasteiger partial charge is 0.497 e. The molecule has 0 bridgehead atoms. The first-order valence-corrected chi connectivity index (χ1v) is 9.64. The second kappa shape index (κ2) is 8.53. The highest BCUT2D eigenvalue weighted by Gasteiger charge is 2.18. The second-order valence-corrected chi connectivity index (χ2v) is 7.22. The summed E-state index contributed by atoms with van der Waals surface area (Å²) in [6.45, 7) is 3.54. The monoisotopic (exact) mass is 402 g/mol. The third kappa shape index (κ3) is 4.07. The lowest BCUT2D eigenvalue weighted by Crippen LogP contribution is -2.30. The number of carbonyl (C=O) groups is 1. The summed E-state index contributed by atoms with van der Waals surface area (Å²) >= 11 is 1.40. The molecule has 1 unspecified atom stereocenters. The van der Waals surface area contributed by atoms with Gasteiger partial charge in [0.1, 0.15) is 29.1 Å². The van der Waals surface area contributed by atoms with Crippen molar-refractivity contribution < 1.29 is 19.0 Å². The van der Waals surface area contributed by atoms with Crippen molar-refractivity contribution in [3.8, 4) is 16.9 Å². The summed E-state index contributed by atoms with van der Waals surface area (Å²) in [7, 11) is 3.14. The lowest BCUT2D eigenvalue weighted by atomic mass is 10.1. The Morgan fingerprint density at radius 1 is 1.25 bits per heavy atom. The highest BCUT2D eigenvalue weighted by Crippen LogP contribution is 2.31. The van der Waals surface area contributed by atoms with Crippen LogP contribution in [0.3, 0.4) is 0 Å². The zero-order valence-corrected chi connectivity index (χ0v) is 17.0. The number of thiophene rings is 1. The first kappa shape index (κ1) is 20.0. The molecule has 3 aromatic rings. The minimum atomic E-state index is -0.503. The molecule has 2 aromatic heterocycles. The van der Waals surface area contributed by atoms with E-state index in [1.807, 2.05) is 29.6 Å². The fourth-order valence-corrected chi connectivity index (χ4v) is 3.94. The highest BCUT2D eigenvalue weighted by molar-refractivity contribution is 7.17. The van der Waals surface area contributed by atoms with Gasteiger partial charge in [-0.2, -0.15) is 0 Å². The van der Waals surface area contributed by atoms with Crippen LogP contribution in [0, 0.1) is 6.92 Å². The Hall–Kier alpha value is -2.71. The van der Waals surface area contributed by atoms with Crippen molar-refractivity contribution in [1.82, 2.24) is 9.55 Å². The molecule has 0 amide bonds. The number of carbonyl (C=O) groups excluding carboxylic acids is 1. The number of benzene rings is 1. The molecule has 1 atom stereocenters. The topological polar surface area (TPSA) is 79.7 Å². The van der Waals surface area contributed by atoms with E-state index in [1.165, 1.54) is 23.0 Å². The Labute approximate surface area is 166 Å². The van der Waals surface area contributed by atoms with Crippen molar-refractivity contribution in [1.29, 1.82) is 0 Å². The van der Waals surface area contributed by atoms with Gasteiger partial charge in [-0.1, -0.05) is 12.1 Å². The lowest BCUT2D eigenvalue weighted by molar-refractivity contribution is -0.151. The van der Waals surface area contributed by atoms with Crippen LogP contribution in [0.5, 0.6) is 5.75 Å². The number of aromatic nitrogens is 2. The molecule has 3 rings (SSSR count). The average Bonchev–Trinajstić information content (AvgIpc) is 3.09. The number of nitrogens with zero attached hydrogens (tertiary/aromatic N) is 2. The number of fused-ring (bicyclic) bond motifs is 1. The number of hydrogen-bond donors (Lipinski definition) is 0. The molecular weight excluding hydrogens is 380 g/mol. The standard InChI is InChI=1S/C20H22N2O5S/c1-12(10-25-3)27-17(23)9-22-13(2)21-19-18(20(22)24)16(11-28-19)14-5-7-15(26-4)8-6-14/h5-8,11-12H,9-10H2,1-4H3. The van der Waals surface area contributed by atoms with Gasteiger partial charge < -0.3 is 14.2 Å². The Balaban J connectivity index is 1.98. The van der Waals surface area contributed by atoms with Gasteiger partial charge in [-0.05, 0) is 31.5 Å². The Morgan fingerprint density at radius 3 is 2.61 bits per heavy atom. The van der Waals surface area contributed by atoms with Crippen molar-refractivity contribution in [3.63, 3.8) is 0 Å². The molecule has 0 aliphatic heterocycles. The predicted molar refractivity (Wildman–Crippen MR) is 108 cm³/mol. The van der Waals surface area contributed by atoms with Crippen LogP contribution in [-0.2, 0) is 20.8 Å². The normalized spacial score (nSPS) is 12.1. The quantitative estimate of drug-likeness (QED) is 0.565. The Kier molecular flexibility index (Phi) is 6.11. The summed E-state index contributed by atoms with van der Waals surface area (Å²) in [6.07, 6.45) is -0.388. The maximum atomic E-state index is 13.1. The van der Waals surface area contributed by atoms with Crippen LogP contribution in [0.15, 0.2) is 34.4 Å². The molecule has 7 nitrogen and oxygen atoms in total. The van der Waals surface area contributed by atoms with Gasteiger partial charge in [0.25, 0.3) is 5.56 Å². The van der Waals surface area contributed by atoms with Crippen LogP contribution < -0.4 is 10.3 Å². The van der Waals surface area contributed by atoms with Crippen LogP contribution >= 0.6 is 11.3 Å². The first-order chi connectivity index (χ1) is 13.4. The van der Waals surface area contributed by atoms with E-state index in [1.54, 1.807) is 21.0 Å². The molecule has 2 heterocycles. The van der Waals surface area contributed by atoms with E-state index in [9.17, 15) is 9.59 Å². The summed E-state index contributed by atoms with van der Waals surface area (Å²) in [6, 6.07) is 7.47. The third-order valence-corrected chi connectivity index (χ3v) is 5.18. The first-order valence-electron chi connectivity index (χ1n) is 8.76. The highest BCUT2D eigenvalue weighted by atomic mass is 32.1. The van der Waals surface area contributed by atoms with Crippen molar-refractivity contribution in [2.75, 3.05) is 20.8 Å². The van der Waals surface area contributed by atoms with E-state index in [0.29, 0.717) is 22.6 Å². The zero-order chi connectivity index (χ0) is 20.3. The zero-order valence-electron chi connectivity index (χ0n) is 16.2. The maximum absolute atomic E-state index is 13.1. The van der Waals surface area contributed by atoms with Gasteiger partial charge in [-0.25, -0.2) is 4.98 Å². The van der Waals surface area contributed by atoms with E-state index < -0.39 is 5.97 Å². The van der Waals surface area contributed by atoms with Crippen molar-refractivity contribution in [2.45, 2.75) is 26.5 Å². The van der Waals surface area contributed by atoms with E-state index in [-0.39, 0.29) is 18.2 Å². The summed E-state index contributed by atoms with van der Waals surface area (Å²) < 4.78 is 16.8. The number of aryl methyl sites for hydroxylation is 1. The smallest absolute Gasteiger partial charge is 0.326 e. The second-order valence-electron chi connectivity index (χ2n) is 6.36. The molecule has 0 aliphatic carbocycles. The minimum absolute atomic E-state index is 0.195. The SMILES string of the molecule is COCC(C)OC(=O)Cn1c(C)nc2scc(-c3ccc(OC)cc3)c2c1=O. The van der Waals surface area contributed by atoms with Crippen molar-refractivity contribution in [3.05, 3.63) is 45.8 Å². The van der Waals surface area contributed by atoms with Crippen LogP contribution in [0.2, 0.25) is 0 Å². The minimum Gasteiger partial charge on any atom is -0.497 e. The lowest BCUT2D eigenvalue weighted by Gasteiger charge is -2.14. The number of ether oxygens (including phenoxy) is 3. The van der Waals surface area contributed by atoms with E-state index in [0.717, 1.165) is 16.9 Å². The molecule has 0 spiro atoms. The summed E-state index contributed by atoms with van der Waals surface area (Å²) in [5, 5.41) is 2.41. The Morgan fingerprint density at radius 2 is 1.96 bits per heavy atom. The maximum Gasteiger partial charge on any atom is 0.326 e. The van der Waals surface area contributed by atoms with Crippen LogP contribution in [0.4, 0.5) is 0 Å². The van der Waals surface area contributed by atoms with Gasteiger partial charge in [0.05, 0.1) is 19.1 Å². The van der Waals surface area contributed by atoms with Gasteiger partial charge in [0.15, 0.2) is 0 Å². The molecular formula is C20H22N2O5S. The summed E-state index contributed by atoms with van der Waals surface area (Å²) in [5.41, 5.74) is 1.42. The predicted octanol–water partition coefficient (Wildman–Crippen LogP) is 3.02. The average molecular weight is 402 g/mol. The van der Waals surface area contributed by atoms with Crippen LogP contribution in [0.1, 0.15) is 12.7 Å². The van der Waals surface area contributed by atoms with Gasteiger partial charge in [0.2, 0.25) is 0 Å². The van der Waals surface area contributed by atoms with Gasteiger partial charge in [-0.3, -0.25) is 14.2 Å². The third-order valence-electron chi connectivity index (χ3n) is 4.31. The van der Waals surface area contributed by atoms with Crippen LogP contribution in [0.25, 0.3) is 21.3 Å². The molecule has 0 fully saturated rings. The molecule has 0 N–H and O–H groups in total. The Bertz CT molecular complexity index is 1040. The van der Waals surface area contributed by atoms with Crippen LogP contribution in [-0.4, -0.2) is 42.5 Å². The molecule has 0 saturated heterocycles. The molecule has 0 saturated carbocycles. The fraction of sp³-hybridized carbons (Fsp3) is 0.350. The molecule has 8 heteroatoms. The summed E-state index contributed by atoms with van der Waals surface area (Å²) in [4.78, 5) is 30.5.